The van der Waals surface area contributed by atoms with Gasteiger partial charge in [0.25, 0.3) is 11.8 Å². The Bertz CT molecular complexity index is 1160. The van der Waals surface area contributed by atoms with Crippen molar-refractivity contribution in [2.45, 2.75) is 0 Å². The first kappa shape index (κ1) is 25.1. The van der Waals surface area contributed by atoms with Crippen LogP contribution in [0.3, 0.4) is 0 Å². The van der Waals surface area contributed by atoms with Gasteiger partial charge in [0.2, 0.25) is 0 Å². The van der Waals surface area contributed by atoms with Gasteiger partial charge in [0.05, 0.1) is 12.7 Å². The van der Waals surface area contributed by atoms with E-state index in [1.807, 2.05) is 31.1 Å². The van der Waals surface area contributed by atoms with Gasteiger partial charge in [-0.2, -0.15) is 0 Å². The molecule has 2 N–H and O–H groups in total. The van der Waals surface area contributed by atoms with Crippen molar-refractivity contribution in [2.24, 2.45) is 0 Å². The number of nitrogens with one attached hydrogen (secondary N) is 2. The fourth-order valence-corrected chi connectivity index (χ4v) is 2.99. The van der Waals surface area contributed by atoms with E-state index in [-0.39, 0.29) is 18.1 Å². The average molecular weight is 478 g/mol. The van der Waals surface area contributed by atoms with E-state index in [4.69, 9.17) is 14.2 Å². The highest BCUT2D eigenvalue weighted by molar-refractivity contribution is 5.95. The first-order valence-electron chi connectivity index (χ1n) is 10.7. The normalized spacial score (nSPS) is 10.1. The van der Waals surface area contributed by atoms with E-state index < -0.39 is 18.5 Å². The molecule has 9 heteroatoms. The number of nitrogens with zero attached hydrogens (tertiary/aromatic N) is 1. The van der Waals surface area contributed by atoms with Crippen molar-refractivity contribution in [2.75, 3.05) is 50.0 Å². The summed E-state index contributed by atoms with van der Waals surface area (Å²) in [7, 11) is 5.39. The summed E-state index contributed by atoms with van der Waals surface area (Å²) in [6.45, 7) is -0.631. The summed E-state index contributed by atoms with van der Waals surface area (Å²) in [4.78, 5) is 38.3. The molecule has 0 atom stereocenters. The predicted molar refractivity (Wildman–Crippen MR) is 133 cm³/mol. The summed E-state index contributed by atoms with van der Waals surface area (Å²) in [5, 5.41) is 5.39. The minimum atomic E-state index is -0.648. The Hall–Kier alpha value is -4.53. The van der Waals surface area contributed by atoms with Crippen molar-refractivity contribution in [3.8, 4) is 11.5 Å². The van der Waals surface area contributed by atoms with Gasteiger partial charge in [0.15, 0.2) is 13.2 Å². The van der Waals surface area contributed by atoms with Gasteiger partial charge < -0.3 is 29.7 Å². The third-order valence-corrected chi connectivity index (χ3v) is 4.82. The van der Waals surface area contributed by atoms with Gasteiger partial charge in [-0.15, -0.1) is 0 Å². The molecule has 0 unspecified atom stereocenters. The molecule has 0 aromatic heterocycles. The maximum atomic E-state index is 12.2. The van der Waals surface area contributed by atoms with Crippen LogP contribution in [0.4, 0.5) is 17.1 Å². The molecule has 3 aromatic carbocycles. The van der Waals surface area contributed by atoms with Gasteiger partial charge in [0, 0.05) is 37.2 Å². The fraction of sp³-hybridized carbons (Fsp3) is 0.192. The molecule has 0 fully saturated rings. The molecular formula is C26H27N3O6. The van der Waals surface area contributed by atoms with E-state index in [1.54, 1.807) is 55.6 Å². The van der Waals surface area contributed by atoms with Crippen LogP contribution in [0.1, 0.15) is 10.4 Å². The molecule has 0 bridgehead atoms. The van der Waals surface area contributed by atoms with Gasteiger partial charge in [-0.25, -0.2) is 4.79 Å². The Balaban J connectivity index is 1.42. The molecule has 182 valence electrons. The van der Waals surface area contributed by atoms with Crippen LogP contribution in [0, 0.1) is 0 Å². The Morgan fingerprint density at radius 2 is 1.43 bits per heavy atom. The van der Waals surface area contributed by atoms with Crippen LogP contribution in [0.25, 0.3) is 0 Å². The highest BCUT2D eigenvalue weighted by atomic mass is 16.5. The van der Waals surface area contributed by atoms with Gasteiger partial charge in [-0.1, -0.05) is 6.07 Å². The van der Waals surface area contributed by atoms with Crippen LogP contribution in [-0.4, -0.2) is 52.2 Å². The summed E-state index contributed by atoms with van der Waals surface area (Å²) >= 11 is 0. The first-order valence-corrected chi connectivity index (χ1v) is 10.7. The second-order valence-corrected chi connectivity index (χ2v) is 7.66. The number of benzene rings is 3. The highest BCUT2D eigenvalue weighted by Gasteiger charge is 2.11. The number of carbonyl (C=O) groups excluding carboxylic acids is 3. The molecule has 2 amide bonds. The van der Waals surface area contributed by atoms with Crippen molar-refractivity contribution in [3.63, 3.8) is 0 Å². The van der Waals surface area contributed by atoms with Gasteiger partial charge in [-0.3, -0.25) is 9.59 Å². The maximum Gasteiger partial charge on any atom is 0.338 e. The third-order valence-electron chi connectivity index (χ3n) is 4.82. The molecule has 0 saturated heterocycles. The summed E-state index contributed by atoms with van der Waals surface area (Å²) in [5.74, 6) is -0.406. The van der Waals surface area contributed by atoms with Gasteiger partial charge in [-0.05, 0) is 60.7 Å². The van der Waals surface area contributed by atoms with E-state index >= 15 is 0 Å². The second kappa shape index (κ2) is 12.1. The van der Waals surface area contributed by atoms with E-state index in [2.05, 4.69) is 10.6 Å². The van der Waals surface area contributed by atoms with E-state index in [9.17, 15) is 14.4 Å². The zero-order valence-electron chi connectivity index (χ0n) is 19.7. The summed E-state index contributed by atoms with van der Waals surface area (Å²) in [5.41, 5.74) is 2.44. The van der Waals surface area contributed by atoms with Crippen LogP contribution in [0.2, 0.25) is 0 Å². The van der Waals surface area contributed by atoms with Crippen molar-refractivity contribution in [1.82, 2.24) is 0 Å². The largest absolute Gasteiger partial charge is 0.497 e. The Morgan fingerprint density at radius 1 is 0.771 bits per heavy atom. The molecule has 0 aliphatic rings. The number of anilines is 3. The standard InChI is InChI=1S/C26H27N3O6/c1-29(2)21-11-9-19(10-12-21)27-25(31)17-35-26(32)18-7-13-22(14-8-18)34-16-24(30)28-20-5-4-6-23(15-20)33-3/h4-15H,16-17H2,1-3H3,(H,27,31)(H,28,30). The molecule has 0 radical (unpaired) electrons. The second-order valence-electron chi connectivity index (χ2n) is 7.66. The molecule has 3 aromatic rings. The maximum absolute atomic E-state index is 12.2. The van der Waals surface area contributed by atoms with Gasteiger partial charge in [0.1, 0.15) is 11.5 Å². The number of ether oxygens (including phenoxy) is 3. The number of esters is 1. The topological polar surface area (TPSA) is 106 Å². The van der Waals surface area contributed by atoms with Crippen LogP contribution < -0.4 is 25.0 Å². The lowest BCUT2D eigenvalue weighted by molar-refractivity contribution is -0.119. The quantitative estimate of drug-likeness (QED) is 0.430. The molecule has 0 aliphatic heterocycles. The lowest BCUT2D eigenvalue weighted by atomic mass is 10.2. The smallest absolute Gasteiger partial charge is 0.338 e. The molecule has 0 heterocycles. The summed E-state index contributed by atoms with van der Waals surface area (Å²) in [6, 6.07) is 20.3. The SMILES string of the molecule is COc1cccc(NC(=O)COc2ccc(C(=O)OCC(=O)Nc3ccc(N(C)C)cc3)cc2)c1. The summed E-state index contributed by atoms with van der Waals surface area (Å²) in [6.07, 6.45) is 0. The molecule has 3 rings (SSSR count). The number of hydrogen-bond acceptors (Lipinski definition) is 7. The van der Waals surface area contributed by atoms with Crippen molar-refractivity contribution < 1.29 is 28.6 Å². The molecule has 0 saturated carbocycles. The molecular weight excluding hydrogens is 450 g/mol. The van der Waals surface area contributed by atoms with E-state index in [1.165, 1.54) is 12.1 Å². The van der Waals surface area contributed by atoms with E-state index in [0.717, 1.165) is 5.69 Å². The summed E-state index contributed by atoms with van der Waals surface area (Å²) < 4.78 is 15.6. The number of methoxy groups -OCH3 is 1. The van der Waals surface area contributed by atoms with Crippen molar-refractivity contribution >= 4 is 34.8 Å². The zero-order chi connectivity index (χ0) is 25.2. The monoisotopic (exact) mass is 477 g/mol. The average Bonchev–Trinajstić information content (AvgIpc) is 2.86. The lowest BCUT2D eigenvalue weighted by Crippen LogP contribution is -2.21. The lowest BCUT2D eigenvalue weighted by Gasteiger charge is -2.13. The minimum absolute atomic E-state index is 0.212. The molecule has 0 spiro atoms. The predicted octanol–water partition coefficient (Wildman–Crippen LogP) is 3.57. The first-order chi connectivity index (χ1) is 16.8. The third kappa shape index (κ3) is 7.78. The van der Waals surface area contributed by atoms with E-state index in [0.29, 0.717) is 22.9 Å². The number of rotatable bonds is 10. The molecule has 9 nitrogen and oxygen atoms in total. The van der Waals surface area contributed by atoms with Crippen LogP contribution in [-0.2, 0) is 14.3 Å². The Kier molecular flexibility index (Phi) is 8.66. The van der Waals surface area contributed by atoms with Crippen LogP contribution >= 0.6 is 0 Å². The molecule has 35 heavy (non-hydrogen) atoms. The van der Waals surface area contributed by atoms with Crippen molar-refractivity contribution in [1.29, 1.82) is 0 Å². The van der Waals surface area contributed by atoms with Crippen LogP contribution in [0.5, 0.6) is 11.5 Å². The Morgan fingerprint density at radius 3 is 2.09 bits per heavy atom. The zero-order valence-corrected chi connectivity index (χ0v) is 19.7. The number of amides is 2. The fourth-order valence-electron chi connectivity index (χ4n) is 2.99. The van der Waals surface area contributed by atoms with Crippen molar-refractivity contribution in [3.05, 3.63) is 78.4 Å². The molecule has 0 aliphatic carbocycles. The minimum Gasteiger partial charge on any atom is -0.497 e. The Labute approximate surface area is 203 Å². The highest BCUT2D eigenvalue weighted by Crippen LogP contribution is 2.18. The number of carbonyl (C=O) groups is 3. The number of hydrogen-bond donors (Lipinski definition) is 2. The van der Waals surface area contributed by atoms with Crippen LogP contribution in [0.15, 0.2) is 72.8 Å². The van der Waals surface area contributed by atoms with Gasteiger partial charge >= 0.3 is 5.97 Å².